The highest BCUT2D eigenvalue weighted by Gasteiger charge is 2.57. The van der Waals surface area contributed by atoms with Crippen molar-refractivity contribution in [2.75, 3.05) is 13.1 Å². The SMILES string of the molecule is C[C@@](O)(C(=O)N1CCC(c2ccnn2-c2ccc(C(F)(F)F)cn2)CC1)C(F)(F)F. The Balaban J connectivity index is 1.72. The molecule has 0 aromatic carbocycles. The zero-order chi connectivity index (χ0) is 22.3. The van der Waals surface area contributed by atoms with E-state index in [1.54, 1.807) is 6.07 Å². The number of nitrogens with zero attached hydrogens (tertiary/aromatic N) is 4. The highest BCUT2D eigenvalue weighted by atomic mass is 19.4. The lowest BCUT2D eigenvalue weighted by Gasteiger charge is -2.36. The number of piperidine rings is 1. The number of hydrogen-bond acceptors (Lipinski definition) is 4. The van der Waals surface area contributed by atoms with Crippen LogP contribution in [-0.2, 0) is 11.0 Å². The summed E-state index contributed by atoms with van der Waals surface area (Å²) in [6.45, 7) is 0.398. The number of hydrogen-bond donors (Lipinski definition) is 1. The number of pyridine rings is 1. The van der Waals surface area contributed by atoms with Crippen molar-refractivity contribution in [1.29, 1.82) is 0 Å². The van der Waals surface area contributed by atoms with Gasteiger partial charge in [0.2, 0.25) is 5.60 Å². The van der Waals surface area contributed by atoms with Gasteiger partial charge in [0.15, 0.2) is 5.82 Å². The molecule has 1 N–H and O–H groups in total. The van der Waals surface area contributed by atoms with E-state index in [9.17, 15) is 36.2 Å². The Hall–Kier alpha value is -2.63. The third-order valence-corrected chi connectivity index (χ3v) is 5.13. The Kier molecular flexibility index (Phi) is 5.56. The van der Waals surface area contributed by atoms with Crippen LogP contribution in [0.3, 0.4) is 0 Å². The van der Waals surface area contributed by atoms with E-state index in [0.717, 1.165) is 11.0 Å². The van der Waals surface area contributed by atoms with Gasteiger partial charge in [-0.2, -0.15) is 31.4 Å². The summed E-state index contributed by atoms with van der Waals surface area (Å²) in [6, 6.07) is 3.71. The number of carbonyl (C=O) groups is 1. The van der Waals surface area contributed by atoms with Crippen LogP contribution in [0, 0.1) is 0 Å². The van der Waals surface area contributed by atoms with Gasteiger partial charge in [-0.05, 0) is 38.0 Å². The van der Waals surface area contributed by atoms with Crippen molar-refractivity contribution in [3.8, 4) is 5.82 Å². The van der Waals surface area contributed by atoms with Crippen molar-refractivity contribution < 1.29 is 36.2 Å². The molecule has 1 fully saturated rings. The minimum Gasteiger partial charge on any atom is -0.373 e. The molecule has 0 unspecified atom stereocenters. The van der Waals surface area contributed by atoms with Gasteiger partial charge < -0.3 is 10.0 Å². The number of aromatic nitrogens is 3. The number of halogens is 6. The molecule has 1 atom stereocenters. The number of likely N-dealkylation sites (tertiary alicyclic amines) is 1. The minimum atomic E-state index is -5.09. The van der Waals surface area contributed by atoms with Gasteiger partial charge in [0.1, 0.15) is 0 Å². The quantitative estimate of drug-likeness (QED) is 0.750. The molecule has 3 heterocycles. The fraction of sp³-hybridized carbons (Fsp3) is 0.500. The van der Waals surface area contributed by atoms with E-state index in [-0.39, 0.29) is 24.8 Å². The van der Waals surface area contributed by atoms with Gasteiger partial charge in [-0.1, -0.05) is 0 Å². The van der Waals surface area contributed by atoms with Crippen LogP contribution in [0.15, 0.2) is 30.6 Å². The van der Waals surface area contributed by atoms with E-state index in [1.165, 1.54) is 16.9 Å². The van der Waals surface area contributed by atoms with Crippen LogP contribution in [0.1, 0.15) is 36.9 Å². The van der Waals surface area contributed by atoms with Crippen LogP contribution in [0.2, 0.25) is 0 Å². The Bertz CT molecular complexity index is 897. The van der Waals surface area contributed by atoms with Crippen molar-refractivity contribution in [3.05, 3.63) is 41.9 Å². The summed E-state index contributed by atoms with van der Waals surface area (Å²) in [5.41, 5.74) is -3.74. The van der Waals surface area contributed by atoms with Gasteiger partial charge in [-0.3, -0.25) is 4.79 Å². The molecular formula is C18H18F6N4O2. The van der Waals surface area contributed by atoms with E-state index in [1.807, 2.05) is 0 Å². The molecule has 2 aromatic heterocycles. The summed E-state index contributed by atoms with van der Waals surface area (Å²) in [5, 5.41) is 13.7. The monoisotopic (exact) mass is 436 g/mol. The first-order valence-electron chi connectivity index (χ1n) is 8.98. The molecule has 0 aliphatic carbocycles. The zero-order valence-electron chi connectivity index (χ0n) is 15.7. The molecule has 2 aromatic rings. The van der Waals surface area contributed by atoms with Crippen molar-refractivity contribution in [2.45, 2.75) is 43.6 Å². The largest absolute Gasteiger partial charge is 0.426 e. The van der Waals surface area contributed by atoms with Crippen LogP contribution < -0.4 is 0 Å². The van der Waals surface area contributed by atoms with Crippen LogP contribution in [0.5, 0.6) is 0 Å². The van der Waals surface area contributed by atoms with Crippen LogP contribution in [0.4, 0.5) is 26.3 Å². The fourth-order valence-electron chi connectivity index (χ4n) is 3.30. The number of rotatable bonds is 3. The second-order valence-corrected chi connectivity index (χ2v) is 7.21. The van der Waals surface area contributed by atoms with Gasteiger partial charge in [0, 0.05) is 37.1 Å². The third-order valence-electron chi connectivity index (χ3n) is 5.13. The predicted octanol–water partition coefficient (Wildman–Crippen LogP) is 3.31. The molecule has 0 radical (unpaired) electrons. The smallest absolute Gasteiger partial charge is 0.373 e. The Morgan fingerprint density at radius 3 is 2.23 bits per heavy atom. The normalized spacial score (nSPS) is 18.3. The van der Waals surface area contributed by atoms with E-state index >= 15 is 0 Å². The molecule has 1 aliphatic rings. The highest BCUT2D eigenvalue weighted by molar-refractivity contribution is 5.85. The first-order valence-corrected chi connectivity index (χ1v) is 8.98. The molecule has 30 heavy (non-hydrogen) atoms. The number of alkyl halides is 6. The van der Waals surface area contributed by atoms with E-state index in [4.69, 9.17) is 0 Å². The summed E-state index contributed by atoms with van der Waals surface area (Å²) in [5.74, 6) is -1.44. The topological polar surface area (TPSA) is 71.2 Å². The molecule has 6 nitrogen and oxygen atoms in total. The van der Waals surface area contributed by atoms with Gasteiger partial charge in [0.05, 0.1) is 5.56 Å². The van der Waals surface area contributed by atoms with Crippen molar-refractivity contribution in [3.63, 3.8) is 0 Å². The van der Waals surface area contributed by atoms with Crippen LogP contribution >= 0.6 is 0 Å². The lowest BCUT2D eigenvalue weighted by Crippen LogP contribution is -2.57. The van der Waals surface area contributed by atoms with E-state index in [0.29, 0.717) is 31.7 Å². The van der Waals surface area contributed by atoms with E-state index < -0.39 is 29.4 Å². The average molecular weight is 436 g/mol. The molecular weight excluding hydrogens is 418 g/mol. The third kappa shape index (κ3) is 4.13. The maximum absolute atomic E-state index is 12.9. The van der Waals surface area contributed by atoms with Crippen molar-refractivity contribution >= 4 is 5.91 Å². The van der Waals surface area contributed by atoms with Crippen molar-refractivity contribution in [1.82, 2.24) is 19.7 Å². The minimum absolute atomic E-state index is 0.0125. The molecule has 3 rings (SSSR count). The summed E-state index contributed by atoms with van der Waals surface area (Å²) >= 11 is 0. The van der Waals surface area contributed by atoms with Gasteiger partial charge in [-0.25, -0.2) is 9.67 Å². The van der Waals surface area contributed by atoms with Gasteiger partial charge >= 0.3 is 12.4 Å². The first kappa shape index (κ1) is 22.1. The lowest BCUT2D eigenvalue weighted by atomic mass is 9.92. The summed E-state index contributed by atoms with van der Waals surface area (Å²) in [6.07, 6.45) is -6.87. The van der Waals surface area contributed by atoms with Crippen LogP contribution in [-0.4, -0.2) is 55.5 Å². The van der Waals surface area contributed by atoms with Crippen LogP contribution in [0.25, 0.3) is 5.82 Å². The molecule has 1 aliphatic heterocycles. The number of carbonyl (C=O) groups excluding carboxylic acids is 1. The maximum atomic E-state index is 12.9. The zero-order valence-corrected chi connectivity index (χ0v) is 15.7. The first-order chi connectivity index (χ1) is 13.8. The molecule has 0 spiro atoms. The Morgan fingerprint density at radius 1 is 1.10 bits per heavy atom. The molecule has 164 valence electrons. The fourth-order valence-corrected chi connectivity index (χ4v) is 3.30. The standard InChI is InChI=1S/C18H18F6N4O2/c1-16(30,18(22,23)24)15(29)27-8-5-11(6-9-27)13-4-7-26-28(13)14-3-2-12(10-25-14)17(19,20)21/h2-4,7,10-11,30H,5-6,8-9H2,1H3/t16-/m1/s1. The maximum Gasteiger partial charge on any atom is 0.426 e. The van der Waals surface area contributed by atoms with E-state index in [2.05, 4.69) is 10.1 Å². The molecule has 1 saturated heterocycles. The van der Waals surface area contributed by atoms with Gasteiger partial charge in [0.25, 0.3) is 5.91 Å². The molecule has 0 saturated carbocycles. The Labute approximate surface area is 167 Å². The summed E-state index contributed by atoms with van der Waals surface area (Å²) < 4.78 is 78.2. The summed E-state index contributed by atoms with van der Waals surface area (Å²) in [7, 11) is 0. The molecule has 12 heteroatoms. The predicted molar refractivity (Wildman–Crippen MR) is 91.6 cm³/mol. The highest BCUT2D eigenvalue weighted by Crippen LogP contribution is 2.35. The van der Waals surface area contributed by atoms with Crippen molar-refractivity contribution in [2.24, 2.45) is 0 Å². The number of aliphatic hydroxyl groups is 1. The lowest BCUT2D eigenvalue weighted by molar-refractivity contribution is -0.250. The average Bonchev–Trinajstić information content (AvgIpc) is 3.16. The second kappa shape index (κ2) is 7.56. The second-order valence-electron chi connectivity index (χ2n) is 7.21. The van der Waals surface area contributed by atoms with Gasteiger partial charge in [-0.15, -0.1) is 0 Å². The summed E-state index contributed by atoms with van der Waals surface area (Å²) in [4.78, 5) is 16.9. The Morgan fingerprint density at radius 2 is 1.73 bits per heavy atom. The molecule has 1 amide bonds. The molecule has 0 bridgehead atoms. The number of amides is 1.